The highest BCUT2D eigenvalue weighted by molar-refractivity contribution is 5.49. The second kappa shape index (κ2) is 3.29. The zero-order chi connectivity index (χ0) is 10.1. The number of carbonyl (C=O) groups excluding carboxylic acids is 1. The summed E-state index contributed by atoms with van der Waals surface area (Å²) >= 11 is 0. The van der Waals surface area contributed by atoms with Crippen molar-refractivity contribution >= 4 is 6.29 Å². The molecule has 0 aliphatic heterocycles. The van der Waals surface area contributed by atoms with Gasteiger partial charge < -0.3 is 9.90 Å². The normalized spacial score (nSPS) is 34.9. The molecule has 1 aliphatic rings. The second-order valence-corrected chi connectivity index (χ2v) is 3.54. The molecule has 1 N–H and O–H groups in total. The zero-order valence-electron chi connectivity index (χ0n) is 6.97. The van der Waals surface area contributed by atoms with Crippen LogP contribution < -0.4 is 0 Å². The first-order chi connectivity index (χ1) is 5.89. The standard InChI is InChI=1S/C8H11F3O2/c9-8(10,11)7(13)3-1-6(5-7)2-4-12/h4,6,13H,1-3,5H2. The summed E-state index contributed by atoms with van der Waals surface area (Å²) in [6.07, 6.45) is -4.20. The molecule has 0 bridgehead atoms. The minimum absolute atomic E-state index is 0.110. The van der Waals surface area contributed by atoms with Gasteiger partial charge in [0.25, 0.3) is 0 Å². The Morgan fingerprint density at radius 2 is 2.15 bits per heavy atom. The average Bonchev–Trinajstić information content (AvgIpc) is 2.32. The largest absolute Gasteiger partial charge is 0.417 e. The molecule has 1 aliphatic carbocycles. The van der Waals surface area contributed by atoms with Gasteiger partial charge >= 0.3 is 6.18 Å². The third kappa shape index (κ3) is 2.02. The molecular formula is C8H11F3O2. The first-order valence-electron chi connectivity index (χ1n) is 4.12. The van der Waals surface area contributed by atoms with E-state index in [9.17, 15) is 23.1 Å². The van der Waals surface area contributed by atoms with Gasteiger partial charge in [-0.2, -0.15) is 13.2 Å². The van der Waals surface area contributed by atoms with E-state index >= 15 is 0 Å². The molecule has 0 aromatic carbocycles. The number of rotatable bonds is 2. The summed E-state index contributed by atoms with van der Waals surface area (Å²) in [5, 5.41) is 9.18. The van der Waals surface area contributed by atoms with E-state index in [-0.39, 0.29) is 31.6 Å². The quantitative estimate of drug-likeness (QED) is 0.682. The van der Waals surface area contributed by atoms with Gasteiger partial charge in [-0.1, -0.05) is 0 Å². The molecule has 0 spiro atoms. The van der Waals surface area contributed by atoms with Crippen LogP contribution in [-0.2, 0) is 4.79 Å². The predicted molar refractivity (Wildman–Crippen MR) is 39.0 cm³/mol. The van der Waals surface area contributed by atoms with Crippen LogP contribution in [0.1, 0.15) is 25.7 Å². The molecule has 2 unspecified atom stereocenters. The fourth-order valence-electron chi connectivity index (χ4n) is 1.72. The molecule has 1 fully saturated rings. The van der Waals surface area contributed by atoms with Gasteiger partial charge in [-0.15, -0.1) is 0 Å². The van der Waals surface area contributed by atoms with Crippen LogP contribution in [0.2, 0.25) is 0 Å². The topological polar surface area (TPSA) is 37.3 Å². The van der Waals surface area contributed by atoms with E-state index in [1.54, 1.807) is 0 Å². The molecule has 0 amide bonds. The Bertz CT molecular complexity index is 202. The van der Waals surface area contributed by atoms with Crippen molar-refractivity contribution in [2.45, 2.75) is 37.5 Å². The monoisotopic (exact) mass is 196 g/mol. The molecule has 0 heterocycles. The molecule has 2 nitrogen and oxygen atoms in total. The van der Waals surface area contributed by atoms with Gasteiger partial charge in [0.1, 0.15) is 6.29 Å². The molecule has 5 heteroatoms. The van der Waals surface area contributed by atoms with Gasteiger partial charge in [0.15, 0.2) is 5.60 Å². The first kappa shape index (κ1) is 10.5. The van der Waals surface area contributed by atoms with Crippen molar-refractivity contribution in [1.82, 2.24) is 0 Å². The highest BCUT2D eigenvalue weighted by Gasteiger charge is 2.56. The highest BCUT2D eigenvalue weighted by atomic mass is 19.4. The molecule has 13 heavy (non-hydrogen) atoms. The minimum Gasteiger partial charge on any atom is -0.380 e. The summed E-state index contributed by atoms with van der Waals surface area (Å²) in [5.41, 5.74) is -2.55. The van der Waals surface area contributed by atoms with Gasteiger partial charge in [-0.25, -0.2) is 0 Å². The van der Waals surface area contributed by atoms with Crippen LogP contribution >= 0.6 is 0 Å². The summed E-state index contributed by atoms with van der Waals surface area (Å²) in [5.74, 6) is -0.316. The molecule has 2 atom stereocenters. The number of aldehydes is 1. The second-order valence-electron chi connectivity index (χ2n) is 3.54. The summed E-state index contributed by atoms with van der Waals surface area (Å²) in [6, 6.07) is 0. The molecule has 0 radical (unpaired) electrons. The van der Waals surface area contributed by atoms with Crippen LogP contribution in [0.15, 0.2) is 0 Å². The molecule has 1 rings (SSSR count). The summed E-state index contributed by atoms with van der Waals surface area (Å²) in [4.78, 5) is 10.1. The maximum Gasteiger partial charge on any atom is 0.417 e. The van der Waals surface area contributed by atoms with E-state index in [0.717, 1.165) is 0 Å². The van der Waals surface area contributed by atoms with Crippen LogP contribution in [0, 0.1) is 5.92 Å². The third-order valence-corrected chi connectivity index (χ3v) is 2.55. The zero-order valence-corrected chi connectivity index (χ0v) is 6.97. The Labute approximate surface area is 73.7 Å². The van der Waals surface area contributed by atoms with E-state index in [1.807, 2.05) is 0 Å². The smallest absolute Gasteiger partial charge is 0.380 e. The fourth-order valence-corrected chi connectivity index (χ4v) is 1.72. The van der Waals surface area contributed by atoms with Crippen LogP contribution in [0.25, 0.3) is 0 Å². The van der Waals surface area contributed by atoms with Crippen LogP contribution in [-0.4, -0.2) is 23.2 Å². The minimum atomic E-state index is -4.56. The maximum atomic E-state index is 12.2. The number of alkyl halides is 3. The highest BCUT2D eigenvalue weighted by Crippen LogP contribution is 2.45. The van der Waals surface area contributed by atoms with Crippen molar-refractivity contribution in [3.05, 3.63) is 0 Å². The molecule has 0 aromatic rings. The van der Waals surface area contributed by atoms with Crippen molar-refractivity contribution in [2.24, 2.45) is 5.92 Å². The number of hydrogen-bond donors (Lipinski definition) is 1. The van der Waals surface area contributed by atoms with Crippen LogP contribution in [0.5, 0.6) is 0 Å². The SMILES string of the molecule is O=CCC1CCC(O)(C(F)(F)F)C1. The van der Waals surface area contributed by atoms with Crippen molar-refractivity contribution in [2.75, 3.05) is 0 Å². The lowest BCUT2D eigenvalue weighted by atomic mass is 9.98. The van der Waals surface area contributed by atoms with Crippen molar-refractivity contribution in [1.29, 1.82) is 0 Å². The Morgan fingerprint density at radius 1 is 1.54 bits per heavy atom. The summed E-state index contributed by atoms with van der Waals surface area (Å²) < 4.78 is 36.7. The molecule has 0 saturated heterocycles. The van der Waals surface area contributed by atoms with Crippen LogP contribution in [0.3, 0.4) is 0 Å². The lowest BCUT2D eigenvalue weighted by Gasteiger charge is -2.25. The van der Waals surface area contributed by atoms with E-state index in [4.69, 9.17) is 0 Å². The number of aliphatic hydroxyl groups is 1. The molecule has 1 saturated carbocycles. The Balaban J connectivity index is 2.61. The Kier molecular flexibility index (Phi) is 2.66. The van der Waals surface area contributed by atoms with Crippen LogP contribution in [0.4, 0.5) is 13.2 Å². The van der Waals surface area contributed by atoms with Gasteiger partial charge in [0, 0.05) is 6.42 Å². The number of hydrogen-bond acceptors (Lipinski definition) is 2. The lowest BCUT2D eigenvalue weighted by Crippen LogP contribution is -2.42. The van der Waals surface area contributed by atoms with E-state index in [2.05, 4.69) is 0 Å². The Hall–Kier alpha value is -0.580. The molecule has 0 aromatic heterocycles. The maximum absolute atomic E-state index is 12.2. The van der Waals surface area contributed by atoms with E-state index in [1.165, 1.54) is 0 Å². The van der Waals surface area contributed by atoms with Gasteiger partial charge in [-0.05, 0) is 25.2 Å². The number of halogens is 3. The fraction of sp³-hybridized carbons (Fsp3) is 0.875. The predicted octanol–water partition coefficient (Wildman–Crippen LogP) is 1.67. The molecule has 76 valence electrons. The average molecular weight is 196 g/mol. The lowest BCUT2D eigenvalue weighted by molar-refractivity contribution is -0.258. The van der Waals surface area contributed by atoms with Crippen molar-refractivity contribution in [3.8, 4) is 0 Å². The third-order valence-electron chi connectivity index (χ3n) is 2.55. The molecular weight excluding hydrogens is 185 g/mol. The summed E-state index contributed by atoms with van der Waals surface area (Å²) in [7, 11) is 0. The summed E-state index contributed by atoms with van der Waals surface area (Å²) in [6.45, 7) is 0. The van der Waals surface area contributed by atoms with Gasteiger partial charge in [0.05, 0.1) is 0 Å². The first-order valence-corrected chi connectivity index (χ1v) is 4.12. The van der Waals surface area contributed by atoms with E-state index in [0.29, 0.717) is 6.29 Å². The van der Waals surface area contributed by atoms with Crippen molar-refractivity contribution < 1.29 is 23.1 Å². The number of carbonyl (C=O) groups is 1. The van der Waals surface area contributed by atoms with Gasteiger partial charge in [-0.3, -0.25) is 0 Å². The van der Waals surface area contributed by atoms with Gasteiger partial charge in [0.2, 0.25) is 0 Å². The van der Waals surface area contributed by atoms with E-state index < -0.39 is 11.8 Å². The Morgan fingerprint density at radius 3 is 2.54 bits per heavy atom. The van der Waals surface area contributed by atoms with Crippen molar-refractivity contribution in [3.63, 3.8) is 0 Å².